The lowest BCUT2D eigenvalue weighted by molar-refractivity contribution is -0.131. The molecule has 0 N–H and O–H groups in total. The number of benzene rings is 2. The normalized spacial score (nSPS) is 18.7. The number of anilines is 1. The average Bonchev–Trinajstić information content (AvgIpc) is 3.47. The molecule has 0 spiro atoms. The number of carbonyl (C=O) groups excluding carboxylic acids is 1. The number of amides is 1. The topological polar surface area (TPSA) is 98.5 Å². The van der Waals surface area contributed by atoms with Crippen LogP contribution in [0.3, 0.4) is 0 Å². The number of fused-ring (bicyclic) bond motifs is 2. The first-order valence-corrected chi connectivity index (χ1v) is 15.4. The number of halogens is 5. The van der Waals surface area contributed by atoms with E-state index in [0.717, 1.165) is 19.4 Å². The Morgan fingerprint density at radius 1 is 1.17 bits per heavy atom. The van der Waals surface area contributed by atoms with Crippen molar-refractivity contribution in [3.63, 3.8) is 0 Å². The molecule has 244 valence electrons. The fourth-order valence-electron chi connectivity index (χ4n) is 6.34. The van der Waals surface area contributed by atoms with Crippen LogP contribution in [0, 0.1) is 17.1 Å². The average molecular weight is 668 g/mol. The van der Waals surface area contributed by atoms with Crippen LogP contribution >= 0.6 is 11.6 Å². The molecular weight excluding hydrogens is 638 g/mol. The fraction of sp³-hybridized carbons (Fsp3) is 0.364. The minimum Gasteiger partial charge on any atom is -0.462 e. The van der Waals surface area contributed by atoms with Gasteiger partial charge in [0.25, 0.3) is 12.3 Å². The molecule has 2 fully saturated rings. The minimum atomic E-state index is -2.82. The van der Waals surface area contributed by atoms with Crippen LogP contribution in [0.15, 0.2) is 48.9 Å². The quantitative estimate of drug-likeness (QED) is 0.156. The van der Waals surface area contributed by atoms with Crippen LogP contribution in [-0.2, 0) is 4.79 Å². The van der Waals surface area contributed by atoms with Crippen molar-refractivity contribution in [2.24, 2.45) is 0 Å². The van der Waals surface area contributed by atoms with Gasteiger partial charge in [-0.2, -0.15) is 15.2 Å². The number of likely N-dealkylation sites (tertiary alicyclic amines) is 1. The molecular formula is C33H30ClF4N7O2. The van der Waals surface area contributed by atoms with Gasteiger partial charge in [0.2, 0.25) is 0 Å². The first-order chi connectivity index (χ1) is 22.6. The predicted molar refractivity (Wildman–Crippen MR) is 170 cm³/mol. The molecule has 14 heteroatoms. The highest BCUT2D eigenvalue weighted by Gasteiger charge is 2.34. The number of hydrogen-bond acceptors (Lipinski definition) is 8. The van der Waals surface area contributed by atoms with E-state index in [0.29, 0.717) is 10.8 Å². The molecule has 0 saturated carbocycles. The maximum atomic E-state index is 16.7. The van der Waals surface area contributed by atoms with Gasteiger partial charge in [-0.3, -0.25) is 4.79 Å². The number of nitrogens with zero attached hydrogens (tertiary/aromatic N) is 7. The summed E-state index contributed by atoms with van der Waals surface area (Å²) in [5.74, 6) is -2.70. The Kier molecular flexibility index (Phi) is 9.16. The molecule has 2 aliphatic heterocycles. The molecule has 2 saturated heterocycles. The third-order valence-corrected chi connectivity index (χ3v) is 9.10. The van der Waals surface area contributed by atoms with Gasteiger partial charge in [0.15, 0.2) is 17.5 Å². The predicted octanol–water partition coefficient (Wildman–Crippen LogP) is 6.46. The molecule has 2 aliphatic rings. The van der Waals surface area contributed by atoms with Gasteiger partial charge in [0.1, 0.15) is 17.6 Å². The SMILES string of the molecule is C=C(F)C(=O)N1CCN(c2nc(OCC3CCCN3C)nc3c(F)c(-c4cc(C(F)F)cc5cccc(Cl)c45)cnc23)C[C@@H]1CC#N. The summed E-state index contributed by atoms with van der Waals surface area (Å²) >= 11 is 6.51. The van der Waals surface area contributed by atoms with E-state index in [1.165, 1.54) is 23.2 Å². The zero-order valence-electron chi connectivity index (χ0n) is 25.4. The van der Waals surface area contributed by atoms with Gasteiger partial charge in [-0.15, -0.1) is 0 Å². The van der Waals surface area contributed by atoms with Crippen molar-refractivity contribution in [1.82, 2.24) is 24.8 Å². The molecule has 2 atom stereocenters. The van der Waals surface area contributed by atoms with Crippen LogP contribution in [-0.4, -0.2) is 82.6 Å². The number of pyridine rings is 1. The molecule has 4 aromatic rings. The number of aromatic nitrogens is 3. The molecule has 0 radical (unpaired) electrons. The van der Waals surface area contributed by atoms with Crippen LogP contribution in [0.5, 0.6) is 6.01 Å². The number of rotatable bonds is 8. The largest absolute Gasteiger partial charge is 0.462 e. The van der Waals surface area contributed by atoms with Crippen LogP contribution in [0.25, 0.3) is 32.9 Å². The fourth-order valence-corrected chi connectivity index (χ4v) is 6.62. The lowest BCUT2D eigenvalue weighted by Gasteiger charge is -2.41. The lowest BCUT2D eigenvalue weighted by Crippen LogP contribution is -2.55. The molecule has 0 bridgehead atoms. The van der Waals surface area contributed by atoms with Crippen LogP contribution in [0.2, 0.25) is 5.02 Å². The number of carbonyl (C=O) groups is 1. The molecule has 1 unspecified atom stereocenters. The van der Waals surface area contributed by atoms with Gasteiger partial charge in [0, 0.05) is 53.4 Å². The van der Waals surface area contributed by atoms with Crippen LogP contribution in [0.4, 0.5) is 23.4 Å². The highest BCUT2D eigenvalue weighted by atomic mass is 35.5. The summed E-state index contributed by atoms with van der Waals surface area (Å²) < 4.78 is 64.5. The van der Waals surface area contributed by atoms with Crippen molar-refractivity contribution in [1.29, 1.82) is 5.26 Å². The van der Waals surface area contributed by atoms with Crippen molar-refractivity contribution in [3.05, 3.63) is 65.3 Å². The Morgan fingerprint density at radius 2 is 1.98 bits per heavy atom. The molecule has 4 heterocycles. The van der Waals surface area contributed by atoms with Gasteiger partial charge in [-0.25, -0.2) is 22.5 Å². The van der Waals surface area contributed by atoms with E-state index in [9.17, 15) is 23.2 Å². The molecule has 2 aromatic carbocycles. The van der Waals surface area contributed by atoms with E-state index in [4.69, 9.17) is 16.3 Å². The molecule has 1 amide bonds. The Labute approximate surface area is 273 Å². The van der Waals surface area contributed by atoms with E-state index in [-0.39, 0.29) is 83.3 Å². The zero-order valence-corrected chi connectivity index (χ0v) is 26.2. The second-order valence-corrected chi connectivity index (χ2v) is 12.1. The number of ether oxygens (including phenoxy) is 1. The summed E-state index contributed by atoms with van der Waals surface area (Å²) in [4.78, 5) is 31.1. The Balaban J connectivity index is 1.49. The summed E-state index contributed by atoms with van der Waals surface area (Å²) in [7, 11) is 1.98. The van der Waals surface area contributed by atoms with E-state index in [1.807, 2.05) is 13.1 Å². The van der Waals surface area contributed by atoms with Gasteiger partial charge in [0.05, 0.1) is 18.5 Å². The Hall–Kier alpha value is -4.54. The summed E-state index contributed by atoms with van der Waals surface area (Å²) in [6.07, 6.45) is 0.204. The lowest BCUT2D eigenvalue weighted by atomic mass is 9.95. The number of hydrogen-bond donors (Lipinski definition) is 0. The van der Waals surface area contributed by atoms with E-state index in [2.05, 4.69) is 26.4 Å². The second-order valence-electron chi connectivity index (χ2n) is 11.7. The number of likely N-dealkylation sites (N-methyl/N-ethyl adjacent to an activating group) is 1. The molecule has 0 aliphatic carbocycles. The van der Waals surface area contributed by atoms with Gasteiger partial charge >= 0.3 is 6.01 Å². The standard InChI is InChI=1S/C33H30ClF4N7O2/c1-18(35)32(46)45-12-11-44(16-21(45)8-9-39)31-29-28(41-33(42-31)47-17-22-6-4-10-43(22)2)27(36)24(15-40-29)23-14-20(30(37)38)13-19-5-3-7-25(34)26(19)23/h3,5,7,13-15,21-22,30H,1,4,6,8,10-12,16-17H2,2H3/t21-,22?/m0/s1. The first kappa shape index (κ1) is 32.4. The van der Waals surface area contributed by atoms with Crippen molar-refractivity contribution in [3.8, 4) is 23.2 Å². The first-order valence-electron chi connectivity index (χ1n) is 15.0. The van der Waals surface area contributed by atoms with E-state index < -0.39 is 30.0 Å². The third kappa shape index (κ3) is 6.27. The maximum absolute atomic E-state index is 16.7. The maximum Gasteiger partial charge on any atom is 0.319 e. The summed E-state index contributed by atoms with van der Waals surface area (Å²) in [5.41, 5.74) is -0.435. The minimum absolute atomic E-state index is 0.0359. The summed E-state index contributed by atoms with van der Waals surface area (Å²) in [5, 5.41) is 10.5. The van der Waals surface area contributed by atoms with Gasteiger partial charge in [-0.1, -0.05) is 30.3 Å². The van der Waals surface area contributed by atoms with Crippen LogP contribution < -0.4 is 9.64 Å². The van der Waals surface area contributed by atoms with E-state index >= 15 is 4.39 Å². The molecule has 47 heavy (non-hydrogen) atoms. The monoisotopic (exact) mass is 667 g/mol. The third-order valence-electron chi connectivity index (χ3n) is 8.78. The van der Waals surface area contributed by atoms with Crippen LogP contribution in [0.1, 0.15) is 31.3 Å². The molecule has 2 aromatic heterocycles. The van der Waals surface area contributed by atoms with E-state index in [1.54, 1.807) is 23.1 Å². The smallest absolute Gasteiger partial charge is 0.319 e. The van der Waals surface area contributed by atoms with Crippen molar-refractivity contribution in [2.75, 3.05) is 44.7 Å². The second kappa shape index (κ2) is 13.3. The van der Waals surface area contributed by atoms with Gasteiger partial charge < -0.3 is 19.4 Å². The highest BCUT2D eigenvalue weighted by Crippen LogP contribution is 2.40. The van der Waals surface area contributed by atoms with Crippen molar-refractivity contribution in [2.45, 2.75) is 37.8 Å². The summed E-state index contributed by atoms with van der Waals surface area (Å²) in [6, 6.07) is 8.63. The highest BCUT2D eigenvalue weighted by molar-refractivity contribution is 6.36. The van der Waals surface area contributed by atoms with Crippen molar-refractivity contribution >= 4 is 45.1 Å². The van der Waals surface area contributed by atoms with Crippen molar-refractivity contribution < 1.29 is 27.1 Å². The Bertz CT molecular complexity index is 1920. The summed E-state index contributed by atoms with van der Waals surface area (Å²) in [6.45, 7) is 4.49. The Morgan fingerprint density at radius 3 is 2.68 bits per heavy atom. The molecule has 6 rings (SSSR count). The van der Waals surface area contributed by atoms with Gasteiger partial charge in [-0.05, 0) is 55.6 Å². The number of alkyl halides is 2. The number of nitriles is 1. The zero-order chi connectivity index (χ0) is 33.4. The number of piperazine rings is 1. The molecule has 9 nitrogen and oxygen atoms in total.